The lowest BCUT2D eigenvalue weighted by atomic mass is 10.0. The highest BCUT2D eigenvalue weighted by Crippen LogP contribution is 2.24. The molecule has 0 saturated heterocycles. The zero-order chi connectivity index (χ0) is 18.4. The molecule has 0 aromatic heterocycles. The minimum atomic E-state index is -3.48. The van der Waals surface area contributed by atoms with E-state index in [0.717, 1.165) is 12.7 Å². The van der Waals surface area contributed by atoms with Crippen molar-refractivity contribution in [2.24, 2.45) is 5.92 Å². The normalized spacial score (nSPS) is 12.4. The largest absolute Gasteiger partial charge is 0.495 e. The molecule has 1 unspecified atom stereocenters. The molecule has 6 heteroatoms. The van der Waals surface area contributed by atoms with Gasteiger partial charge in [-0.3, -0.25) is 4.79 Å². The monoisotopic (exact) mass is 361 g/mol. The van der Waals surface area contributed by atoms with Gasteiger partial charge in [-0.2, -0.15) is 0 Å². The van der Waals surface area contributed by atoms with Crippen LogP contribution in [-0.4, -0.2) is 34.2 Å². The number of ether oxygens (including phenoxy) is 1. The van der Waals surface area contributed by atoms with E-state index in [1.807, 2.05) is 18.2 Å². The number of methoxy groups -OCH3 is 1. The summed E-state index contributed by atoms with van der Waals surface area (Å²) in [5.74, 6) is 0.197. The van der Waals surface area contributed by atoms with Crippen LogP contribution >= 0.6 is 0 Å². The van der Waals surface area contributed by atoms with Crippen LogP contribution in [0.5, 0.6) is 5.75 Å². The number of carbonyl (C=O) groups is 1. The van der Waals surface area contributed by atoms with Gasteiger partial charge >= 0.3 is 0 Å². The Hall–Kier alpha value is -2.34. The topological polar surface area (TPSA) is 72.5 Å². The molecule has 1 atom stereocenters. The lowest BCUT2D eigenvalue weighted by Crippen LogP contribution is -2.29. The Morgan fingerprint density at radius 3 is 2.44 bits per heavy atom. The van der Waals surface area contributed by atoms with E-state index in [4.69, 9.17) is 4.74 Å². The minimum absolute atomic E-state index is 0.0139. The Morgan fingerprint density at radius 2 is 1.84 bits per heavy atom. The summed E-state index contributed by atoms with van der Waals surface area (Å²) in [6, 6.07) is 14.5. The van der Waals surface area contributed by atoms with Gasteiger partial charge in [0, 0.05) is 18.4 Å². The summed E-state index contributed by atoms with van der Waals surface area (Å²) in [4.78, 5) is 12.3. The quantitative estimate of drug-likeness (QED) is 0.823. The summed E-state index contributed by atoms with van der Waals surface area (Å²) in [6.07, 6.45) is 1.95. The fraction of sp³-hybridized carbons (Fsp3) is 0.316. The Bertz CT molecular complexity index is 832. The van der Waals surface area contributed by atoms with E-state index in [1.165, 1.54) is 24.8 Å². The first-order valence-electron chi connectivity index (χ1n) is 8.01. The van der Waals surface area contributed by atoms with E-state index in [2.05, 4.69) is 24.4 Å². The maximum absolute atomic E-state index is 12.3. The predicted molar refractivity (Wildman–Crippen MR) is 97.7 cm³/mol. The number of benzene rings is 2. The van der Waals surface area contributed by atoms with Crippen LogP contribution in [0.4, 0.5) is 0 Å². The zero-order valence-corrected chi connectivity index (χ0v) is 15.5. The number of hydrogen-bond donors (Lipinski definition) is 1. The summed E-state index contributed by atoms with van der Waals surface area (Å²) < 4.78 is 28.8. The van der Waals surface area contributed by atoms with Crippen LogP contribution in [0.2, 0.25) is 0 Å². The summed E-state index contributed by atoms with van der Waals surface area (Å²) in [5, 5.41) is 2.86. The summed E-state index contributed by atoms with van der Waals surface area (Å²) >= 11 is 0. The molecule has 5 nitrogen and oxygen atoms in total. The van der Waals surface area contributed by atoms with Gasteiger partial charge in [-0.05, 0) is 36.1 Å². The van der Waals surface area contributed by atoms with Crippen molar-refractivity contribution in [2.45, 2.75) is 18.2 Å². The average molecular weight is 361 g/mol. The molecule has 25 heavy (non-hydrogen) atoms. The number of rotatable bonds is 7. The number of carbonyl (C=O) groups excluding carboxylic acids is 1. The van der Waals surface area contributed by atoms with E-state index in [1.54, 1.807) is 6.07 Å². The van der Waals surface area contributed by atoms with E-state index in [9.17, 15) is 13.2 Å². The molecule has 0 heterocycles. The van der Waals surface area contributed by atoms with Crippen LogP contribution in [0.15, 0.2) is 53.4 Å². The van der Waals surface area contributed by atoms with Crippen LogP contribution < -0.4 is 10.1 Å². The van der Waals surface area contributed by atoms with Gasteiger partial charge < -0.3 is 10.1 Å². The smallest absolute Gasteiger partial charge is 0.251 e. The highest BCUT2D eigenvalue weighted by Gasteiger charge is 2.17. The number of hydrogen-bond acceptors (Lipinski definition) is 4. The first-order valence-corrected chi connectivity index (χ1v) is 9.90. The maximum atomic E-state index is 12.3. The van der Waals surface area contributed by atoms with E-state index < -0.39 is 9.84 Å². The first-order chi connectivity index (χ1) is 11.8. The molecule has 2 aromatic carbocycles. The van der Waals surface area contributed by atoms with Crippen molar-refractivity contribution in [1.82, 2.24) is 5.32 Å². The van der Waals surface area contributed by atoms with Gasteiger partial charge in [0.05, 0.1) is 7.11 Å². The summed E-state index contributed by atoms with van der Waals surface area (Å²) in [6.45, 7) is 2.57. The molecule has 0 spiro atoms. The molecule has 1 N–H and O–H groups in total. The van der Waals surface area contributed by atoms with Gasteiger partial charge in [-0.25, -0.2) is 8.42 Å². The summed E-state index contributed by atoms with van der Waals surface area (Å²) in [7, 11) is -2.08. The molecular weight excluding hydrogens is 338 g/mol. The fourth-order valence-electron chi connectivity index (χ4n) is 2.57. The molecule has 0 fully saturated rings. The van der Waals surface area contributed by atoms with Crippen LogP contribution in [0.3, 0.4) is 0 Å². The lowest BCUT2D eigenvalue weighted by molar-refractivity contribution is 0.0947. The molecule has 0 aliphatic heterocycles. The Morgan fingerprint density at radius 1 is 1.16 bits per heavy atom. The van der Waals surface area contributed by atoms with Crippen molar-refractivity contribution < 1.29 is 17.9 Å². The molecule has 134 valence electrons. The molecule has 0 bridgehead atoms. The van der Waals surface area contributed by atoms with E-state index >= 15 is 0 Å². The molecule has 2 rings (SSSR count). The van der Waals surface area contributed by atoms with Crippen molar-refractivity contribution in [3.05, 3.63) is 59.7 Å². The van der Waals surface area contributed by atoms with Crippen molar-refractivity contribution in [2.75, 3.05) is 19.9 Å². The molecule has 0 aliphatic carbocycles. The maximum Gasteiger partial charge on any atom is 0.251 e. The number of amides is 1. The second kappa shape index (κ2) is 8.16. The van der Waals surface area contributed by atoms with Crippen molar-refractivity contribution in [3.63, 3.8) is 0 Å². The predicted octanol–water partition coefficient (Wildman–Crippen LogP) is 2.71. The SMILES string of the molecule is COc1ccc(C(=O)NCC(C)Cc2ccccc2)cc1S(C)(=O)=O. The fourth-order valence-corrected chi connectivity index (χ4v) is 3.42. The van der Waals surface area contributed by atoms with Gasteiger partial charge in [0.2, 0.25) is 0 Å². The molecule has 0 radical (unpaired) electrons. The molecular formula is C19H23NO4S. The minimum Gasteiger partial charge on any atom is -0.495 e. The third kappa shape index (κ3) is 5.32. The van der Waals surface area contributed by atoms with Crippen LogP contribution in [-0.2, 0) is 16.3 Å². The Labute approximate surface area is 148 Å². The first kappa shape index (κ1) is 19.0. The molecule has 1 amide bonds. The number of nitrogens with one attached hydrogen (secondary N) is 1. The van der Waals surface area contributed by atoms with Crippen LogP contribution in [0.25, 0.3) is 0 Å². The molecule has 0 aliphatic rings. The zero-order valence-electron chi connectivity index (χ0n) is 14.7. The van der Waals surface area contributed by atoms with Crippen LogP contribution in [0.1, 0.15) is 22.8 Å². The highest BCUT2D eigenvalue weighted by molar-refractivity contribution is 7.90. The lowest BCUT2D eigenvalue weighted by Gasteiger charge is -2.14. The van der Waals surface area contributed by atoms with Crippen LogP contribution in [0, 0.1) is 5.92 Å². The average Bonchev–Trinajstić information content (AvgIpc) is 2.59. The van der Waals surface area contributed by atoms with Gasteiger partial charge in [0.25, 0.3) is 5.91 Å². The van der Waals surface area contributed by atoms with Gasteiger partial charge in [0.15, 0.2) is 9.84 Å². The summed E-state index contributed by atoms with van der Waals surface area (Å²) in [5.41, 5.74) is 1.51. The Balaban J connectivity index is 2.03. The van der Waals surface area contributed by atoms with Gasteiger partial charge in [0.1, 0.15) is 10.6 Å². The third-order valence-electron chi connectivity index (χ3n) is 3.86. The van der Waals surface area contributed by atoms with E-state index in [0.29, 0.717) is 12.1 Å². The molecule has 2 aromatic rings. The molecule has 0 saturated carbocycles. The van der Waals surface area contributed by atoms with E-state index in [-0.39, 0.29) is 22.5 Å². The second-order valence-corrected chi connectivity index (χ2v) is 8.13. The number of sulfone groups is 1. The standard InChI is InChI=1S/C19H23NO4S/c1-14(11-15-7-5-4-6-8-15)13-20-19(21)16-9-10-17(24-2)18(12-16)25(3,22)23/h4-10,12,14H,11,13H2,1-3H3,(H,20,21). The van der Waals surface area contributed by atoms with Gasteiger partial charge in [-0.15, -0.1) is 0 Å². The van der Waals surface area contributed by atoms with Crippen molar-refractivity contribution >= 4 is 15.7 Å². The van der Waals surface area contributed by atoms with Crippen molar-refractivity contribution in [3.8, 4) is 5.75 Å². The third-order valence-corrected chi connectivity index (χ3v) is 4.98. The second-order valence-electron chi connectivity index (χ2n) is 6.14. The van der Waals surface area contributed by atoms with Gasteiger partial charge in [-0.1, -0.05) is 37.3 Å². The van der Waals surface area contributed by atoms with Crippen molar-refractivity contribution in [1.29, 1.82) is 0 Å². The highest BCUT2D eigenvalue weighted by atomic mass is 32.2. The Kier molecular flexibility index (Phi) is 6.20.